The van der Waals surface area contributed by atoms with Gasteiger partial charge in [0.15, 0.2) is 0 Å². The molecule has 0 aliphatic carbocycles. The van der Waals surface area contributed by atoms with Gasteiger partial charge < -0.3 is 10.2 Å². The molecule has 0 saturated carbocycles. The molecule has 19 heavy (non-hydrogen) atoms. The third kappa shape index (κ3) is 3.33. The van der Waals surface area contributed by atoms with E-state index in [1.54, 1.807) is 6.07 Å². The monoisotopic (exact) mass is 322 g/mol. The van der Waals surface area contributed by atoms with Gasteiger partial charge in [0, 0.05) is 23.8 Å². The maximum atomic E-state index is 13.3. The quantitative estimate of drug-likeness (QED) is 0.912. The van der Waals surface area contributed by atoms with Crippen molar-refractivity contribution in [2.24, 2.45) is 0 Å². The van der Waals surface area contributed by atoms with Crippen LogP contribution in [0.4, 0.5) is 15.8 Å². The van der Waals surface area contributed by atoms with Gasteiger partial charge in [-0.25, -0.2) is 4.39 Å². The topological polar surface area (TPSA) is 15.3 Å². The molecule has 100 valence electrons. The van der Waals surface area contributed by atoms with E-state index in [-0.39, 0.29) is 5.82 Å². The number of nitrogens with one attached hydrogen (secondary N) is 1. The van der Waals surface area contributed by atoms with Crippen molar-refractivity contribution >= 4 is 27.3 Å². The molecule has 0 spiro atoms. The highest BCUT2D eigenvalue weighted by atomic mass is 79.9. The zero-order valence-electron chi connectivity index (χ0n) is 11.0. The minimum absolute atomic E-state index is 0.229. The van der Waals surface area contributed by atoms with Crippen LogP contribution in [0.15, 0.2) is 46.9 Å². The molecular formula is C15H16BrFN2. The molecule has 2 aromatic rings. The third-order valence-electron chi connectivity index (χ3n) is 2.95. The van der Waals surface area contributed by atoms with Gasteiger partial charge in [0.05, 0.1) is 5.69 Å². The highest BCUT2D eigenvalue weighted by Crippen LogP contribution is 2.31. The summed E-state index contributed by atoms with van der Waals surface area (Å²) in [6.45, 7) is 0.822. The normalized spacial score (nSPS) is 10.5. The third-order valence-corrected chi connectivity index (χ3v) is 3.59. The van der Waals surface area contributed by atoms with E-state index in [0.717, 1.165) is 22.4 Å². The second-order valence-electron chi connectivity index (χ2n) is 4.35. The summed E-state index contributed by atoms with van der Waals surface area (Å²) in [5.74, 6) is -0.229. The first-order valence-corrected chi connectivity index (χ1v) is 6.83. The summed E-state index contributed by atoms with van der Waals surface area (Å²) in [6.07, 6.45) is 0. The van der Waals surface area contributed by atoms with E-state index < -0.39 is 0 Å². The summed E-state index contributed by atoms with van der Waals surface area (Å²) in [5.41, 5.74) is 3.03. The average Bonchev–Trinajstić information content (AvgIpc) is 2.38. The second-order valence-corrected chi connectivity index (χ2v) is 5.21. The Kier molecular flexibility index (Phi) is 4.56. The van der Waals surface area contributed by atoms with E-state index in [1.165, 1.54) is 17.7 Å². The van der Waals surface area contributed by atoms with E-state index in [1.807, 2.05) is 31.1 Å². The van der Waals surface area contributed by atoms with Crippen molar-refractivity contribution in [2.75, 3.05) is 19.0 Å². The first-order valence-electron chi connectivity index (χ1n) is 6.04. The van der Waals surface area contributed by atoms with Crippen LogP contribution in [0.3, 0.4) is 0 Å². The second kappa shape index (κ2) is 6.17. The lowest BCUT2D eigenvalue weighted by Gasteiger charge is -2.21. The number of anilines is 2. The molecule has 1 N–H and O–H groups in total. The Hall–Kier alpha value is -1.39. The lowest BCUT2D eigenvalue weighted by Crippen LogP contribution is -2.11. The average molecular weight is 323 g/mol. The number of hydrogen-bond acceptors (Lipinski definition) is 2. The summed E-state index contributed by atoms with van der Waals surface area (Å²) >= 11 is 3.57. The maximum Gasteiger partial charge on any atom is 0.125 e. The Morgan fingerprint density at radius 1 is 1.21 bits per heavy atom. The SMILES string of the molecule is CNCc1ccc(N(C)c2cccc(F)c2)c(Br)c1. The van der Waals surface area contributed by atoms with Crippen molar-refractivity contribution < 1.29 is 4.39 Å². The number of hydrogen-bond donors (Lipinski definition) is 1. The molecule has 0 bridgehead atoms. The van der Waals surface area contributed by atoms with Crippen molar-refractivity contribution in [3.63, 3.8) is 0 Å². The van der Waals surface area contributed by atoms with Gasteiger partial charge in [0.1, 0.15) is 5.82 Å². The summed E-state index contributed by atoms with van der Waals surface area (Å²) in [5, 5.41) is 3.12. The van der Waals surface area contributed by atoms with Crippen LogP contribution in [0, 0.1) is 5.82 Å². The number of nitrogens with zero attached hydrogens (tertiary/aromatic N) is 1. The predicted octanol–water partition coefficient (Wildman–Crippen LogP) is 4.08. The molecule has 2 rings (SSSR count). The minimum Gasteiger partial charge on any atom is -0.344 e. The zero-order valence-corrected chi connectivity index (χ0v) is 12.5. The largest absolute Gasteiger partial charge is 0.344 e. The van der Waals surface area contributed by atoms with Crippen molar-refractivity contribution in [2.45, 2.75) is 6.54 Å². The van der Waals surface area contributed by atoms with E-state index in [0.29, 0.717) is 0 Å². The lowest BCUT2D eigenvalue weighted by atomic mass is 10.2. The number of rotatable bonds is 4. The number of benzene rings is 2. The van der Waals surface area contributed by atoms with Gasteiger partial charge in [0.25, 0.3) is 0 Å². The van der Waals surface area contributed by atoms with Crippen LogP contribution in [0.2, 0.25) is 0 Å². The van der Waals surface area contributed by atoms with E-state index >= 15 is 0 Å². The van der Waals surface area contributed by atoms with E-state index in [2.05, 4.69) is 33.4 Å². The summed E-state index contributed by atoms with van der Waals surface area (Å²) < 4.78 is 14.3. The summed E-state index contributed by atoms with van der Waals surface area (Å²) in [7, 11) is 3.84. The Bertz CT molecular complexity index is 572. The fourth-order valence-electron chi connectivity index (χ4n) is 1.96. The molecule has 0 atom stereocenters. The molecule has 2 aromatic carbocycles. The van der Waals surface area contributed by atoms with Crippen LogP contribution in [0.25, 0.3) is 0 Å². The standard InChI is InChI=1S/C15H16BrFN2/c1-18-10-11-6-7-15(14(16)8-11)19(2)13-5-3-4-12(17)9-13/h3-9,18H,10H2,1-2H3. The summed E-state index contributed by atoms with van der Waals surface area (Å²) in [4.78, 5) is 1.95. The zero-order chi connectivity index (χ0) is 13.8. The molecule has 0 heterocycles. The Morgan fingerprint density at radius 2 is 2.00 bits per heavy atom. The van der Waals surface area contributed by atoms with Crippen LogP contribution in [0.1, 0.15) is 5.56 Å². The Balaban J connectivity index is 2.31. The highest BCUT2D eigenvalue weighted by Gasteiger charge is 2.09. The molecule has 0 aliphatic rings. The van der Waals surface area contributed by atoms with Gasteiger partial charge in [-0.1, -0.05) is 12.1 Å². The molecular weight excluding hydrogens is 307 g/mol. The van der Waals surface area contributed by atoms with Crippen LogP contribution in [-0.2, 0) is 6.54 Å². The van der Waals surface area contributed by atoms with Crippen molar-refractivity contribution in [3.8, 4) is 0 Å². The van der Waals surface area contributed by atoms with Gasteiger partial charge in [-0.05, 0) is 58.9 Å². The van der Waals surface area contributed by atoms with Gasteiger partial charge in [-0.15, -0.1) is 0 Å². The minimum atomic E-state index is -0.229. The van der Waals surface area contributed by atoms with Crippen LogP contribution in [0.5, 0.6) is 0 Å². The molecule has 0 aromatic heterocycles. The smallest absolute Gasteiger partial charge is 0.125 e. The molecule has 2 nitrogen and oxygen atoms in total. The molecule has 0 saturated heterocycles. The predicted molar refractivity (Wildman–Crippen MR) is 81.4 cm³/mol. The lowest BCUT2D eigenvalue weighted by molar-refractivity contribution is 0.628. The Labute approximate surface area is 121 Å². The van der Waals surface area contributed by atoms with Crippen molar-refractivity contribution in [1.29, 1.82) is 0 Å². The number of halogens is 2. The Morgan fingerprint density at radius 3 is 2.63 bits per heavy atom. The molecule has 0 fully saturated rings. The highest BCUT2D eigenvalue weighted by molar-refractivity contribution is 9.10. The van der Waals surface area contributed by atoms with E-state index in [9.17, 15) is 4.39 Å². The van der Waals surface area contributed by atoms with Crippen LogP contribution >= 0.6 is 15.9 Å². The van der Waals surface area contributed by atoms with Crippen LogP contribution < -0.4 is 10.2 Å². The van der Waals surface area contributed by atoms with E-state index in [4.69, 9.17) is 0 Å². The van der Waals surface area contributed by atoms with Gasteiger partial charge in [-0.3, -0.25) is 0 Å². The van der Waals surface area contributed by atoms with Gasteiger partial charge in [0.2, 0.25) is 0 Å². The fraction of sp³-hybridized carbons (Fsp3) is 0.200. The molecule has 0 amide bonds. The molecule has 0 radical (unpaired) electrons. The first kappa shape index (κ1) is 14.0. The van der Waals surface area contributed by atoms with Crippen molar-refractivity contribution in [3.05, 3.63) is 58.3 Å². The maximum absolute atomic E-state index is 13.3. The van der Waals surface area contributed by atoms with Crippen LogP contribution in [-0.4, -0.2) is 14.1 Å². The van der Waals surface area contributed by atoms with Crippen molar-refractivity contribution in [1.82, 2.24) is 5.32 Å². The fourth-order valence-corrected chi connectivity index (χ4v) is 2.65. The first-order chi connectivity index (χ1) is 9.11. The molecule has 0 unspecified atom stereocenters. The molecule has 0 aliphatic heterocycles. The van der Waals surface area contributed by atoms with Gasteiger partial charge in [-0.2, -0.15) is 0 Å². The van der Waals surface area contributed by atoms with Gasteiger partial charge >= 0.3 is 0 Å². The summed E-state index contributed by atoms with van der Waals surface area (Å²) in [6, 6.07) is 12.7. The molecule has 4 heteroatoms.